The SMILES string of the molecule is CCOC(=O)C1=CCN(S(=O)c2cccc(Br)c2)C1c1ccc(F)cc1. The summed E-state index contributed by atoms with van der Waals surface area (Å²) in [7, 11) is -1.50. The topological polar surface area (TPSA) is 46.6 Å². The molecule has 0 radical (unpaired) electrons. The van der Waals surface area contributed by atoms with Crippen LogP contribution < -0.4 is 0 Å². The van der Waals surface area contributed by atoms with E-state index in [1.54, 1.807) is 47.6 Å². The number of carbonyl (C=O) groups excluding carboxylic acids is 1. The highest BCUT2D eigenvalue weighted by molar-refractivity contribution is 9.10. The second-order valence-corrected chi connectivity index (χ2v) is 7.99. The molecule has 1 aliphatic heterocycles. The first-order chi connectivity index (χ1) is 12.5. The summed E-state index contributed by atoms with van der Waals surface area (Å²) in [5, 5.41) is 0. The maximum absolute atomic E-state index is 13.3. The fraction of sp³-hybridized carbons (Fsp3) is 0.211. The predicted octanol–water partition coefficient (Wildman–Crippen LogP) is 4.16. The zero-order valence-corrected chi connectivity index (χ0v) is 16.4. The van der Waals surface area contributed by atoms with E-state index in [0.717, 1.165) is 4.47 Å². The first-order valence-corrected chi connectivity index (χ1v) is 9.98. The van der Waals surface area contributed by atoms with E-state index < -0.39 is 23.0 Å². The van der Waals surface area contributed by atoms with Crippen LogP contribution in [0.25, 0.3) is 0 Å². The fourth-order valence-electron chi connectivity index (χ4n) is 2.84. The summed E-state index contributed by atoms with van der Waals surface area (Å²) < 4.78 is 34.1. The maximum atomic E-state index is 13.3. The number of rotatable bonds is 5. The Balaban J connectivity index is 1.98. The number of hydrogen-bond acceptors (Lipinski definition) is 3. The van der Waals surface area contributed by atoms with Crippen molar-refractivity contribution >= 4 is 32.9 Å². The van der Waals surface area contributed by atoms with Gasteiger partial charge in [-0.25, -0.2) is 17.7 Å². The highest BCUT2D eigenvalue weighted by Crippen LogP contribution is 2.37. The van der Waals surface area contributed by atoms with Crippen LogP contribution >= 0.6 is 15.9 Å². The third-order valence-electron chi connectivity index (χ3n) is 3.98. The maximum Gasteiger partial charge on any atom is 0.335 e. The normalized spacial score (nSPS) is 18.4. The summed E-state index contributed by atoms with van der Waals surface area (Å²) in [6, 6.07) is 12.5. The zero-order valence-electron chi connectivity index (χ0n) is 14.0. The minimum absolute atomic E-state index is 0.251. The molecule has 0 fully saturated rings. The van der Waals surface area contributed by atoms with E-state index in [1.807, 2.05) is 6.07 Å². The largest absolute Gasteiger partial charge is 0.463 e. The van der Waals surface area contributed by atoms with Crippen LogP contribution in [0.1, 0.15) is 18.5 Å². The lowest BCUT2D eigenvalue weighted by atomic mass is 10.0. The van der Waals surface area contributed by atoms with Gasteiger partial charge in [0, 0.05) is 11.0 Å². The smallest absolute Gasteiger partial charge is 0.335 e. The molecular weight excluding hydrogens is 421 g/mol. The van der Waals surface area contributed by atoms with E-state index in [-0.39, 0.29) is 12.4 Å². The lowest BCUT2D eigenvalue weighted by Crippen LogP contribution is -2.29. The Kier molecular flexibility index (Phi) is 6.01. The third-order valence-corrected chi connectivity index (χ3v) is 5.92. The van der Waals surface area contributed by atoms with Gasteiger partial charge in [0.05, 0.1) is 23.1 Å². The Labute approximate surface area is 162 Å². The number of ether oxygens (including phenoxy) is 1. The van der Waals surface area contributed by atoms with Gasteiger partial charge in [-0.2, -0.15) is 0 Å². The molecule has 3 rings (SSSR count). The molecule has 0 aliphatic carbocycles. The number of nitrogens with zero attached hydrogens (tertiary/aromatic N) is 1. The monoisotopic (exact) mass is 437 g/mol. The van der Waals surface area contributed by atoms with Crippen LogP contribution in [0.2, 0.25) is 0 Å². The van der Waals surface area contributed by atoms with E-state index in [0.29, 0.717) is 22.6 Å². The van der Waals surface area contributed by atoms with Crippen LogP contribution in [0.3, 0.4) is 0 Å². The van der Waals surface area contributed by atoms with Crippen molar-refractivity contribution in [3.63, 3.8) is 0 Å². The van der Waals surface area contributed by atoms with Crippen molar-refractivity contribution in [2.24, 2.45) is 0 Å². The van der Waals surface area contributed by atoms with Crippen molar-refractivity contribution in [1.29, 1.82) is 0 Å². The lowest BCUT2D eigenvalue weighted by molar-refractivity contribution is -0.138. The van der Waals surface area contributed by atoms with Gasteiger partial charge in [-0.05, 0) is 42.8 Å². The molecule has 0 amide bonds. The van der Waals surface area contributed by atoms with Crippen LogP contribution in [0.5, 0.6) is 0 Å². The minimum Gasteiger partial charge on any atom is -0.463 e. The Bertz CT molecular complexity index is 869. The molecule has 136 valence electrons. The summed E-state index contributed by atoms with van der Waals surface area (Å²) in [5.41, 5.74) is 1.10. The van der Waals surface area contributed by atoms with Gasteiger partial charge in [0.15, 0.2) is 0 Å². The summed E-state index contributed by atoms with van der Waals surface area (Å²) in [6.45, 7) is 2.31. The molecule has 2 aromatic carbocycles. The van der Waals surface area contributed by atoms with Crippen LogP contribution in [-0.2, 0) is 20.5 Å². The number of benzene rings is 2. The van der Waals surface area contributed by atoms with Gasteiger partial charge >= 0.3 is 5.97 Å². The molecule has 0 bridgehead atoms. The second-order valence-electron chi connectivity index (χ2n) is 5.64. The highest BCUT2D eigenvalue weighted by Gasteiger charge is 2.37. The molecule has 1 aliphatic rings. The molecular formula is C19H17BrFNO3S. The van der Waals surface area contributed by atoms with Crippen molar-refractivity contribution < 1.29 is 18.1 Å². The van der Waals surface area contributed by atoms with Crippen molar-refractivity contribution in [2.45, 2.75) is 17.9 Å². The third kappa shape index (κ3) is 3.95. The van der Waals surface area contributed by atoms with Crippen molar-refractivity contribution in [3.05, 3.63) is 76.0 Å². The molecule has 0 N–H and O–H groups in total. The molecule has 4 nitrogen and oxygen atoms in total. The van der Waals surface area contributed by atoms with Gasteiger partial charge in [0.25, 0.3) is 0 Å². The van der Waals surface area contributed by atoms with Crippen LogP contribution in [0, 0.1) is 5.82 Å². The summed E-state index contributed by atoms with van der Waals surface area (Å²) >= 11 is 3.38. The predicted molar refractivity (Wildman–Crippen MR) is 101 cm³/mol. The van der Waals surface area contributed by atoms with Gasteiger partial charge in [0.1, 0.15) is 16.8 Å². The molecule has 2 aromatic rings. The average Bonchev–Trinajstić information content (AvgIpc) is 3.07. The standard InChI is InChI=1S/C19H17BrFNO3S/c1-2-25-19(23)17-10-11-22(18(17)13-6-8-15(21)9-7-13)26(24)16-5-3-4-14(20)12-16/h3-10,12,18H,2,11H2,1H3. The fourth-order valence-corrected chi connectivity index (χ4v) is 4.72. The van der Waals surface area contributed by atoms with Crippen molar-refractivity contribution in [3.8, 4) is 0 Å². The van der Waals surface area contributed by atoms with E-state index >= 15 is 0 Å². The quantitative estimate of drug-likeness (QED) is 0.659. The lowest BCUT2D eigenvalue weighted by Gasteiger charge is -2.26. The van der Waals surface area contributed by atoms with E-state index in [4.69, 9.17) is 4.74 Å². The van der Waals surface area contributed by atoms with Crippen molar-refractivity contribution in [2.75, 3.05) is 13.2 Å². The van der Waals surface area contributed by atoms with Crippen LogP contribution in [0.4, 0.5) is 4.39 Å². The molecule has 0 saturated heterocycles. The Morgan fingerprint density at radius 1 is 1.31 bits per heavy atom. The van der Waals surface area contributed by atoms with E-state index in [1.165, 1.54) is 12.1 Å². The molecule has 26 heavy (non-hydrogen) atoms. The van der Waals surface area contributed by atoms with Crippen LogP contribution in [0.15, 0.2) is 69.5 Å². The highest BCUT2D eigenvalue weighted by atomic mass is 79.9. The Morgan fingerprint density at radius 3 is 2.69 bits per heavy atom. The Hall–Kier alpha value is -1.83. The summed E-state index contributed by atoms with van der Waals surface area (Å²) in [5.74, 6) is -0.816. The first kappa shape index (κ1) is 18.9. The van der Waals surface area contributed by atoms with Crippen molar-refractivity contribution in [1.82, 2.24) is 4.31 Å². The van der Waals surface area contributed by atoms with Gasteiger partial charge < -0.3 is 4.74 Å². The van der Waals surface area contributed by atoms with Gasteiger partial charge in [0.2, 0.25) is 0 Å². The molecule has 0 aromatic heterocycles. The number of carbonyl (C=O) groups is 1. The minimum atomic E-state index is -1.50. The Morgan fingerprint density at radius 2 is 2.04 bits per heavy atom. The molecule has 7 heteroatoms. The molecule has 1 heterocycles. The summed E-state index contributed by atoms with van der Waals surface area (Å²) in [6.07, 6.45) is 1.72. The molecule has 0 saturated carbocycles. The van der Waals surface area contributed by atoms with E-state index in [9.17, 15) is 13.4 Å². The summed E-state index contributed by atoms with van der Waals surface area (Å²) in [4.78, 5) is 13.0. The average molecular weight is 438 g/mol. The van der Waals surface area contributed by atoms with Crippen LogP contribution in [-0.4, -0.2) is 27.6 Å². The second kappa shape index (κ2) is 8.24. The molecule has 2 atom stereocenters. The number of esters is 1. The van der Waals surface area contributed by atoms with Gasteiger partial charge in [-0.3, -0.25) is 0 Å². The van der Waals surface area contributed by atoms with Gasteiger partial charge in [-0.15, -0.1) is 0 Å². The molecule has 2 unspecified atom stereocenters. The number of halogens is 2. The van der Waals surface area contributed by atoms with Gasteiger partial charge in [-0.1, -0.05) is 40.2 Å². The first-order valence-electron chi connectivity index (χ1n) is 8.08. The molecule has 0 spiro atoms. The zero-order chi connectivity index (χ0) is 18.7. The van der Waals surface area contributed by atoms with E-state index in [2.05, 4.69) is 15.9 Å². The number of hydrogen-bond donors (Lipinski definition) is 0.